The van der Waals surface area contributed by atoms with Gasteiger partial charge in [-0.25, -0.2) is 29.3 Å². The summed E-state index contributed by atoms with van der Waals surface area (Å²) in [4.78, 5) is 26.0. The van der Waals surface area contributed by atoms with Gasteiger partial charge in [-0.2, -0.15) is 10.2 Å². The van der Waals surface area contributed by atoms with Gasteiger partial charge in [0.05, 0.1) is 62.6 Å². The van der Waals surface area contributed by atoms with Crippen LogP contribution in [0.4, 0.5) is 17.3 Å². The molecule has 0 unspecified atom stereocenters. The summed E-state index contributed by atoms with van der Waals surface area (Å²) in [5, 5.41) is 13.1. The van der Waals surface area contributed by atoms with Crippen molar-refractivity contribution in [2.75, 3.05) is 87.9 Å². The van der Waals surface area contributed by atoms with Crippen molar-refractivity contribution in [3.8, 4) is 45.4 Å². The lowest BCUT2D eigenvalue weighted by atomic mass is 9.86. The molecule has 4 aliphatic rings. The second-order valence-electron chi connectivity index (χ2n) is 18.2. The lowest BCUT2D eigenvalue weighted by molar-refractivity contribution is 0.122. The SMILES string of the molecule is CN1CCN(c2ccc(-n3cc(-c4nc(NC5CCC(COc6cncnc6-c6cnn(-c7ccc(N8CCOCC8)cc7)c6)CC5)ncc4OCC4CCC(N)CC4)cn3)cc2)CC1. The van der Waals surface area contributed by atoms with Crippen molar-refractivity contribution >= 4 is 17.3 Å². The first kappa shape index (κ1) is 42.8. The molecule has 2 saturated carbocycles. The topological polar surface area (TPSA) is 163 Å². The van der Waals surface area contributed by atoms with Gasteiger partial charge in [-0.3, -0.25) is 0 Å². The first-order chi connectivity index (χ1) is 32.0. The molecule has 6 aromatic rings. The fraction of sp³-hybridized carbons (Fsp3) is 0.469. The zero-order chi connectivity index (χ0) is 44.0. The van der Waals surface area contributed by atoms with Gasteiger partial charge in [0.25, 0.3) is 0 Å². The number of anilines is 3. The smallest absolute Gasteiger partial charge is 0.223 e. The summed E-state index contributed by atoms with van der Waals surface area (Å²) in [5.41, 5.74) is 13.9. The van der Waals surface area contributed by atoms with Gasteiger partial charge in [-0.15, -0.1) is 0 Å². The van der Waals surface area contributed by atoms with E-state index in [2.05, 4.69) is 90.7 Å². The first-order valence-electron chi connectivity index (χ1n) is 23.5. The lowest BCUT2D eigenvalue weighted by Crippen LogP contribution is -2.44. The van der Waals surface area contributed by atoms with Crippen LogP contribution in [0, 0.1) is 11.8 Å². The number of piperazine rings is 1. The molecule has 2 aliphatic heterocycles. The number of aromatic nitrogens is 8. The molecular formula is C49H61N13O3. The molecule has 6 heterocycles. The van der Waals surface area contributed by atoms with Crippen LogP contribution < -0.4 is 30.3 Å². The normalized spacial score (nSPS) is 21.9. The zero-order valence-electron chi connectivity index (χ0n) is 37.4. The number of nitrogens with one attached hydrogen (secondary N) is 1. The number of hydrogen-bond acceptors (Lipinski definition) is 14. The number of benzene rings is 2. The van der Waals surface area contributed by atoms with Crippen molar-refractivity contribution in [1.29, 1.82) is 0 Å². The molecule has 0 radical (unpaired) electrons. The van der Waals surface area contributed by atoms with Crippen LogP contribution in [0.5, 0.6) is 11.5 Å². The number of morpholine rings is 1. The molecule has 340 valence electrons. The first-order valence-corrected chi connectivity index (χ1v) is 23.5. The second kappa shape index (κ2) is 20.0. The molecular weight excluding hydrogens is 819 g/mol. The van der Waals surface area contributed by atoms with E-state index >= 15 is 0 Å². The molecule has 2 aliphatic carbocycles. The molecule has 16 heteroatoms. The molecule has 16 nitrogen and oxygen atoms in total. The summed E-state index contributed by atoms with van der Waals surface area (Å²) in [6.07, 6.45) is 21.1. The third-order valence-corrected chi connectivity index (χ3v) is 13.6. The van der Waals surface area contributed by atoms with E-state index in [0.29, 0.717) is 48.5 Å². The number of nitrogens with two attached hydrogens (primary N) is 1. The molecule has 0 atom stereocenters. The van der Waals surface area contributed by atoms with Crippen molar-refractivity contribution in [2.24, 2.45) is 17.6 Å². The monoisotopic (exact) mass is 880 g/mol. The highest BCUT2D eigenvalue weighted by Crippen LogP contribution is 2.34. The Morgan fingerprint density at radius 3 is 1.77 bits per heavy atom. The summed E-state index contributed by atoms with van der Waals surface area (Å²) >= 11 is 0. The van der Waals surface area contributed by atoms with Crippen LogP contribution in [0.15, 0.2) is 92.0 Å². The summed E-state index contributed by atoms with van der Waals surface area (Å²) in [6, 6.07) is 17.7. The third kappa shape index (κ3) is 10.4. The summed E-state index contributed by atoms with van der Waals surface area (Å²) in [6.45, 7) is 8.75. The zero-order valence-corrected chi connectivity index (χ0v) is 37.4. The van der Waals surface area contributed by atoms with Crippen LogP contribution >= 0.6 is 0 Å². The van der Waals surface area contributed by atoms with E-state index in [1.54, 1.807) is 12.5 Å². The average molecular weight is 880 g/mol. The predicted octanol–water partition coefficient (Wildman–Crippen LogP) is 6.51. The molecule has 2 aromatic carbocycles. The van der Waals surface area contributed by atoms with Gasteiger partial charge >= 0.3 is 0 Å². The summed E-state index contributed by atoms with van der Waals surface area (Å²) < 4.78 is 22.3. The number of nitrogens with zero attached hydrogens (tertiary/aromatic N) is 11. The molecule has 65 heavy (non-hydrogen) atoms. The number of ether oxygens (including phenoxy) is 3. The number of hydrogen-bond donors (Lipinski definition) is 2. The second-order valence-corrected chi connectivity index (χ2v) is 18.2. The van der Waals surface area contributed by atoms with E-state index in [-0.39, 0.29) is 6.04 Å². The van der Waals surface area contributed by atoms with Crippen molar-refractivity contribution in [1.82, 2.24) is 44.4 Å². The largest absolute Gasteiger partial charge is 0.489 e. The minimum absolute atomic E-state index is 0.239. The molecule has 0 bridgehead atoms. The van der Waals surface area contributed by atoms with E-state index in [0.717, 1.165) is 138 Å². The lowest BCUT2D eigenvalue weighted by Gasteiger charge is -2.34. The molecule has 4 aromatic heterocycles. The van der Waals surface area contributed by atoms with E-state index in [1.165, 1.54) is 11.4 Å². The molecule has 10 rings (SSSR count). The predicted molar refractivity (Wildman–Crippen MR) is 252 cm³/mol. The minimum Gasteiger partial charge on any atom is -0.489 e. The van der Waals surface area contributed by atoms with Crippen LogP contribution in [0.3, 0.4) is 0 Å². The van der Waals surface area contributed by atoms with Gasteiger partial charge in [0.1, 0.15) is 17.7 Å². The fourth-order valence-corrected chi connectivity index (χ4v) is 9.51. The Labute approximate surface area is 381 Å². The maximum Gasteiger partial charge on any atom is 0.223 e. The van der Waals surface area contributed by atoms with E-state index < -0.39 is 0 Å². The van der Waals surface area contributed by atoms with Crippen LogP contribution in [0.25, 0.3) is 33.9 Å². The molecule has 3 N–H and O–H groups in total. The number of rotatable bonds is 14. The van der Waals surface area contributed by atoms with Crippen LogP contribution in [-0.4, -0.2) is 129 Å². The van der Waals surface area contributed by atoms with Gasteiger partial charge in [0.2, 0.25) is 5.95 Å². The van der Waals surface area contributed by atoms with Crippen LogP contribution in [-0.2, 0) is 4.74 Å². The van der Waals surface area contributed by atoms with E-state index in [1.807, 2.05) is 40.3 Å². The van der Waals surface area contributed by atoms with Crippen molar-refractivity contribution in [2.45, 2.75) is 63.5 Å². The molecule has 0 amide bonds. The van der Waals surface area contributed by atoms with Gasteiger partial charge in [-0.05, 0) is 119 Å². The Kier molecular flexibility index (Phi) is 13.2. The van der Waals surface area contributed by atoms with Crippen molar-refractivity contribution in [3.63, 3.8) is 0 Å². The van der Waals surface area contributed by atoms with E-state index in [9.17, 15) is 0 Å². The number of likely N-dealkylation sites (N-methyl/N-ethyl adjacent to an activating group) is 1. The Hall–Kier alpha value is -6.10. The highest BCUT2D eigenvalue weighted by Gasteiger charge is 2.25. The van der Waals surface area contributed by atoms with Crippen molar-refractivity contribution in [3.05, 3.63) is 92.0 Å². The Morgan fingerprint density at radius 2 is 1.15 bits per heavy atom. The molecule has 4 fully saturated rings. The average Bonchev–Trinajstić information content (AvgIpc) is 4.07. The molecule has 2 saturated heterocycles. The minimum atomic E-state index is 0.239. The Bertz CT molecular complexity index is 2450. The van der Waals surface area contributed by atoms with Crippen molar-refractivity contribution < 1.29 is 14.2 Å². The van der Waals surface area contributed by atoms with Gasteiger partial charge < -0.3 is 40.0 Å². The van der Waals surface area contributed by atoms with Gasteiger partial charge in [-0.1, -0.05) is 0 Å². The molecule has 0 spiro atoms. The highest BCUT2D eigenvalue weighted by atomic mass is 16.5. The Morgan fingerprint density at radius 1 is 0.615 bits per heavy atom. The fourth-order valence-electron chi connectivity index (χ4n) is 9.51. The highest BCUT2D eigenvalue weighted by molar-refractivity contribution is 5.67. The van der Waals surface area contributed by atoms with Gasteiger partial charge in [0, 0.05) is 86.2 Å². The van der Waals surface area contributed by atoms with Gasteiger partial charge in [0.15, 0.2) is 11.5 Å². The summed E-state index contributed by atoms with van der Waals surface area (Å²) in [5.74, 6) is 2.80. The quantitative estimate of drug-likeness (QED) is 0.122. The maximum absolute atomic E-state index is 6.50. The Balaban J connectivity index is 0.766. The maximum atomic E-state index is 6.50. The van der Waals surface area contributed by atoms with Crippen LogP contribution in [0.1, 0.15) is 51.4 Å². The van der Waals surface area contributed by atoms with Crippen LogP contribution in [0.2, 0.25) is 0 Å². The standard InChI is InChI=1S/C49H61N13O3/c1-58-18-20-59(21-19-58)41-10-14-44(15-11-41)62-31-38(27-55-62)48-46(65-32-35-2-6-39(50)7-3-35)29-52-49(57-48)56-40-8-4-36(5-9-40)33-64-45-28-51-34-53-47(45)37-26-54-61(30-37)43-16-12-42(13-17-43)60-22-24-63-25-23-60/h10-17,26-31,34-36,39-40H,2-9,18-25,32-33,50H2,1H3,(H,52,56,57). The third-order valence-electron chi connectivity index (χ3n) is 13.6. The van der Waals surface area contributed by atoms with E-state index in [4.69, 9.17) is 35.0 Å². The summed E-state index contributed by atoms with van der Waals surface area (Å²) in [7, 11) is 2.18.